The van der Waals surface area contributed by atoms with Gasteiger partial charge in [0.05, 0.1) is 0 Å². The molecule has 0 fully saturated rings. The van der Waals surface area contributed by atoms with E-state index in [4.69, 9.17) is 18.0 Å². The highest BCUT2D eigenvalue weighted by Gasteiger charge is 2.01. The summed E-state index contributed by atoms with van der Waals surface area (Å²) in [5, 5.41) is 5.66. The first kappa shape index (κ1) is 12.6. The molecule has 0 aliphatic carbocycles. The molecule has 0 spiro atoms. The molecule has 1 aromatic heterocycles. The number of nitrogens with one attached hydrogen (secondary N) is 1. The molecular weight excluding hydrogens is 266 g/mol. The fourth-order valence-corrected chi connectivity index (χ4v) is 2.19. The minimum Gasteiger partial charge on any atom is -0.389 e. The molecule has 1 heterocycles. The first-order chi connectivity index (χ1) is 9.72. The third-order valence-electron chi connectivity index (χ3n) is 3.07. The van der Waals surface area contributed by atoms with Gasteiger partial charge in [-0.25, -0.2) is 4.98 Å². The van der Waals surface area contributed by atoms with Gasteiger partial charge in [0.2, 0.25) is 0 Å². The predicted octanol–water partition coefficient (Wildman–Crippen LogP) is 3.61. The predicted molar refractivity (Wildman–Crippen MR) is 87.4 cm³/mol. The van der Waals surface area contributed by atoms with Gasteiger partial charge in [0.25, 0.3) is 0 Å². The van der Waals surface area contributed by atoms with E-state index in [0.29, 0.717) is 4.99 Å². The lowest BCUT2D eigenvalue weighted by atomic mass is 10.1. The van der Waals surface area contributed by atoms with E-state index in [1.165, 1.54) is 10.8 Å². The Kier molecular flexibility index (Phi) is 3.31. The highest BCUT2D eigenvalue weighted by molar-refractivity contribution is 7.80. The van der Waals surface area contributed by atoms with E-state index in [9.17, 15) is 0 Å². The van der Waals surface area contributed by atoms with Crippen LogP contribution in [0.3, 0.4) is 0 Å². The lowest BCUT2D eigenvalue weighted by Gasteiger charge is -2.08. The van der Waals surface area contributed by atoms with Crippen LogP contribution in [-0.4, -0.2) is 9.97 Å². The van der Waals surface area contributed by atoms with Crippen molar-refractivity contribution in [3.63, 3.8) is 0 Å². The Balaban J connectivity index is 1.92. The molecule has 3 nitrogen and oxygen atoms in total. The van der Waals surface area contributed by atoms with Crippen molar-refractivity contribution < 1.29 is 0 Å². The summed E-state index contributed by atoms with van der Waals surface area (Å²) in [7, 11) is 0. The number of benzene rings is 2. The van der Waals surface area contributed by atoms with Crippen LogP contribution in [0.4, 0.5) is 11.5 Å². The van der Waals surface area contributed by atoms with Crippen LogP contribution < -0.4 is 11.1 Å². The lowest BCUT2D eigenvalue weighted by molar-refractivity contribution is 1.30. The molecule has 0 atom stereocenters. The van der Waals surface area contributed by atoms with Gasteiger partial charge in [-0.3, -0.25) is 0 Å². The van der Waals surface area contributed by atoms with Gasteiger partial charge in [-0.05, 0) is 35.0 Å². The van der Waals surface area contributed by atoms with Gasteiger partial charge in [0, 0.05) is 17.4 Å². The Morgan fingerprint density at radius 2 is 1.80 bits per heavy atom. The quantitative estimate of drug-likeness (QED) is 0.719. The topological polar surface area (TPSA) is 50.9 Å². The average Bonchev–Trinajstić information content (AvgIpc) is 2.47. The maximum absolute atomic E-state index is 5.63. The number of hydrogen-bond acceptors (Lipinski definition) is 3. The number of aromatic nitrogens is 1. The zero-order chi connectivity index (χ0) is 13.9. The molecule has 0 amide bonds. The molecule has 0 bridgehead atoms. The zero-order valence-corrected chi connectivity index (χ0v) is 11.5. The second kappa shape index (κ2) is 5.27. The molecule has 98 valence electrons. The number of fused-ring (bicyclic) bond motifs is 1. The third-order valence-corrected chi connectivity index (χ3v) is 3.30. The van der Waals surface area contributed by atoms with Gasteiger partial charge in [0.1, 0.15) is 10.8 Å². The molecule has 0 unspecified atom stereocenters. The van der Waals surface area contributed by atoms with Crippen molar-refractivity contribution in [3.05, 3.63) is 66.4 Å². The van der Waals surface area contributed by atoms with Gasteiger partial charge in [-0.15, -0.1) is 0 Å². The molecular formula is C16H13N3S. The van der Waals surface area contributed by atoms with Crippen LogP contribution in [0, 0.1) is 0 Å². The highest BCUT2D eigenvalue weighted by Crippen LogP contribution is 2.21. The first-order valence-corrected chi connectivity index (χ1v) is 6.65. The molecule has 0 radical (unpaired) electrons. The van der Waals surface area contributed by atoms with Gasteiger partial charge in [0.15, 0.2) is 0 Å². The first-order valence-electron chi connectivity index (χ1n) is 6.24. The highest BCUT2D eigenvalue weighted by atomic mass is 32.1. The van der Waals surface area contributed by atoms with Crippen molar-refractivity contribution in [2.75, 3.05) is 5.32 Å². The summed E-state index contributed by atoms with van der Waals surface area (Å²) >= 11 is 4.97. The second-order valence-corrected chi connectivity index (χ2v) is 4.92. The molecule has 4 heteroatoms. The monoisotopic (exact) mass is 279 g/mol. The Morgan fingerprint density at radius 1 is 1.00 bits per heavy atom. The van der Waals surface area contributed by atoms with E-state index >= 15 is 0 Å². The summed E-state index contributed by atoms with van der Waals surface area (Å²) in [6.45, 7) is 0. The molecule has 0 saturated carbocycles. The fraction of sp³-hybridized carbons (Fsp3) is 0. The van der Waals surface area contributed by atoms with E-state index in [2.05, 4.69) is 34.6 Å². The Bertz CT molecular complexity index is 783. The van der Waals surface area contributed by atoms with Gasteiger partial charge in [-0.2, -0.15) is 0 Å². The summed E-state index contributed by atoms with van der Waals surface area (Å²) in [5.41, 5.74) is 7.41. The number of anilines is 2. The normalized spacial score (nSPS) is 10.4. The van der Waals surface area contributed by atoms with Crippen molar-refractivity contribution in [2.45, 2.75) is 0 Å². The van der Waals surface area contributed by atoms with Crippen molar-refractivity contribution in [3.8, 4) is 0 Å². The molecule has 20 heavy (non-hydrogen) atoms. The number of thiocarbonyl (C=S) groups is 1. The number of nitrogens with zero attached hydrogens (tertiary/aromatic N) is 1. The second-order valence-electron chi connectivity index (χ2n) is 4.48. The van der Waals surface area contributed by atoms with Gasteiger partial charge in [-0.1, -0.05) is 42.5 Å². The molecule has 0 aliphatic rings. The van der Waals surface area contributed by atoms with E-state index in [-0.39, 0.29) is 0 Å². The number of rotatable bonds is 3. The minimum atomic E-state index is 0.369. The van der Waals surface area contributed by atoms with Crippen LogP contribution in [0.2, 0.25) is 0 Å². The summed E-state index contributed by atoms with van der Waals surface area (Å²) in [4.78, 5) is 4.64. The van der Waals surface area contributed by atoms with Crippen LogP contribution >= 0.6 is 12.2 Å². The zero-order valence-electron chi connectivity index (χ0n) is 10.7. The number of hydrogen-bond donors (Lipinski definition) is 2. The summed E-state index contributed by atoms with van der Waals surface area (Å²) in [6, 6.07) is 18.1. The summed E-state index contributed by atoms with van der Waals surface area (Å²) in [5.74, 6) is 0.727. The maximum atomic E-state index is 5.63. The van der Waals surface area contributed by atoms with Crippen LogP contribution in [0.15, 0.2) is 60.8 Å². The smallest absolute Gasteiger partial charge is 0.130 e. The molecule has 3 rings (SSSR count). The Hall–Kier alpha value is -2.46. The maximum Gasteiger partial charge on any atom is 0.130 e. The van der Waals surface area contributed by atoms with Crippen molar-refractivity contribution in [2.24, 2.45) is 5.73 Å². The van der Waals surface area contributed by atoms with E-state index < -0.39 is 0 Å². The SMILES string of the molecule is NC(=S)c1ccnc(Nc2ccc3ccccc3c2)c1. The van der Waals surface area contributed by atoms with Gasteiger partial charge < -0.3 is 11.1 Å². The van der Waals surface area contributed by atoms with Crippen LogP contribution in [0.25, 0.3) is 10.8 Å². The Morgan fingerprint density at radius 3 is 2.60 bits per heavy atom. The van der Waals surface area contributed by atoms with Gasteiger partial charge >= 0.3 is 0 Å². The molecule has 2 aromatic carbocycles. The van der Waals surface area contributed by atoms with Crippen LogP contribution in [0.5, 0.6) is 0 Å². The van der Waals surface area contributed by atoms with Crippen LogP contribution in [-0.2, 0) is 0 Å². The summed E-state index contributed by atoms with van der Waals surface area (Å²) < 4.78 is 0. The Labute approximate surface area is 122 Å². The summed E-state index contributed by atoms with van der Waals surface area (Å²) in [6.07, 6.45) is 1.69. The molecule has 3 N–H and O–H groups in total. The largest absolute Gasteiger partial charge is 0.389 e. The molecule has 0 aliphatic heterocycles. The standard InChI is InChI=1S/C16H13N3S/c17-16(20)13-7-8-18-15(10-13)19-14-6-5-11-3-1-2-4-12(11)9-14/h1-10H,(H2,17,20)(H,18,19). The van der Waals surface area contributed by atoms with Crippen molar-refractivity contribution in [1.82, 2.24) is 4.98 Å². The van der Waals surface area contributed by atoms with E-state index in [0.717, 1.165) is 17.1 Å². The van der Waals surface area contributed by atoms with E-state index in [1.807, 2.05) is 24.3 Å². The average molecular weight is 279 g/mol. The van der Waals surface area contributed by atoms with Crippen LogP contribution in [0.1, 0.15) is 5.56 Å². The van der Waals surface area contributed by atoms with Crippen molar-refractivity contribution >= 4 is 39.5 Å². The fourth-order valence-electron chi connectivity index (χ4n) is 2.07. The molecule has 3 aromatic rings. The lowest BCUT2D eigenvalue weighted by Crippen LogP contribution is -2.09. The minimum absolute atomic E-state index is 0.369. The number of nitrogens with two attached hydrogens (primary N) is 1. The number of pyridine rings is 1. The van der Waals surface area contributed by atoms with E-state index in [1.54, 1.807) is 12.3 Å². The molecule has 0 saturated heterocycles. The third kappa shape index (κ3) is 2.60. The van der Waals surface area contributed by atoms with Crippen molar-refractivity contribution in [1.29, 1.82) is 0 Å².